The Hall–Kier alpha value is -0.850. The van der Waals surface area contributed by atoms with E-state index in [1.54, 1.807) is 11.3 Å². The van der Waals surface area contributed by atoms with Crippen molar-refractivity contribution in [3.8, 4) is 0 Å². The van der Waals surface area contributed by atoms with Gasteiger partial charge in [0.15, 0.2) is 0 Å². The van der Waals surface area contributed by atoms with Crippen LogP contribution in [0.15, 0.2) is 24.3 Å². The maximum Gasteiger partial charge on any atom is 0.224 e. The first kappa shape index (κ1) is 19.5. The fourth-order valence-corrected chi connectivity index (χ4v) is 4.66. The number of hydrogen-bond donors (Lipinski definition) is 2. The number of nitrogens with zero attached hydrogens (tertiary/aromatic N) is 1. The first-order valence-corrected chi connectivity index (χ1v) is 9.24. The molecule has 7 heteroatoms. The Morgan fingerprint density at radius 2 is 2.21 bits per heavy atom. The van der Waals surface area contributed by atoms with E-state index in [0.717, 1.165) is 42.9 Å². The van der Waals surface area contributed by atoms with Crippen molar-refractivity contribution in [1.82, 2.24) is 10.2 Å². The summed E-state index contributed by atoms with van der Waals surface area (Å²) in [5.41, 5.74) is 5.45. The van der Waals surface area contributed by atoms with Crippen LogP contribution in [0.2, 0.25) is 5.02 Å². The van der Waals surface area contributed by atoms with Gasteiger partial charge in [0, 0.05) is 41.1 Å². The van der Waals surface area contributed by atoms with Crippen molar-refractivity contribution in [3.63, 3.8) is 0 Å². The number of amides is 1. The summed E-state index contributed by atoms with van der Waals surface area (Å²) in [4.78, 5) is 15.7. The van der Waals surface area contributed by atoms with Crippen LogP contribution >= 0.6 is 35.3 Å². The molecule has 0 saturated carbocycles. The van der Waals surface area contributed by atoms with E-state index in [4.69, 9.17) is 17.3 Å². The van der Waals surface area contributed by atoms with E-state index in [1.807, 2.05) is 12.1 Å². The van der Waals surface area contributed by atoms with Gasteiger partial charge in [0.1, 0.15) is 0 Å². The van der Waals surface area contributed by atoms with Crippen LogP contribution in [0.5, 0.6) is 0 Å². The van der Waals surface area contributed by atoms with E-state index in [2.05, 4.69) is 22.3 Å². The summed E-state index contributed by atoms with van der Waals surface area (Å²) in [6.07, 6.45) is 2.00. The highest BCUT2D eigenvalue weighted by atomic mass is 35.5. The van der Waals surface area contributed by atoms with E-state index in [1.165, 1.54) is 9.58 Å². The minimum Gasteiger partial charge on any atom is -0.355 e. The van der Waals surface area contributed by atoms with Gasteiger partial charge in [-0.25, -0.2) is 0 Å². The van der Waals surface area contributed by atoms with Crippen molar-refractivity contribution in [1.29, 1.82) is 0 Å². The molecule has 0 radical (unpaired) electrons. The minimum absolute atomic E-state index is 0. The number of halogens is 2. The lowest BCUT2D eigenvalue weighted by Gasteiger charge is -2.31. The first-order valence-electron chi connectivity index (χ1n) is 8.05. The molecule has 0 bridgehead atoms. The summed E-state index contributed by atoms with van der Waals surface area (Å²) in [6, 6.07) is 8.23. The molecule has 24 heavy (non-hydrogen) atoms. The number of rotatable bonds is 5. The lowest BCUT2D eigenvalue weighted by atomic mass is 9.97. The average molecular weight is 388 g/mol. The van der Waals surface area contributed by atoms with Crippen LogP contribution < -0.4 is 11.1 Å². The highest BCUT2D eigenvalue weighted by Gasteiger charge is 2.26. The van der Waals surface area contributed by atoms with E-state index < -0.39 is 0 Å². The zero-order valence-corrected chi connectivity index (χ0v) is 15.9. The summed E-state index contributed by atoms with van der Waals surface area (Å²) >= 11 is 8.28. The molecule has 0 aliphatic carbocycles. The normalized spacial score (nSPS) is 18.3. The van der Waals surface area contributed by atoms with Crippen LogP contribution in [0.25, 0.3) is 10.1 Å². The number of likely N-dealkylation sites (tertiary alicyclic amines) is 1. The molecule has 1 aliphatic heterocycles. The van der Waals surface area contributed by atoms with Crippen molar-refractivity contribution in [2.24, 2.45) is 11.7 Å². The van der Waals surface area contributed by atoms with Crippen LogP contribution in [0.1, 0.15) is 17.7 Å². The van der Waals surface area contributed by atoms with Crippen molar-refractivity contribution >= 4 is 51.3 Å². The topological polar surface area (TPSA) is 58.4 Å². The molecule has 3 rings (SSSR count). The smallest absolute Gasteiger partial charge is 0.224 e. The van der Waals surface area contributed by atoms with Gasteiger partial charge >= 0.3 is 0 Å². The molecule has 1 aliphatic rings. The number of carbonyl (C=O) groups is 1. The molecule has 1 amide bonds. The number of nitrogens with one attached hydrogen (secondary N) is 1. The number of carbonyl (C=O) groups excluding carboxylic acids is 1. The number of fused-ring (bicyclic) bond motifs is 1. The molecular weight excluding hydrogens is 365 g/mol. The summed E-state index contributed by atoms with van der Waals surface area (Å²) in [7, 11) is 0. The van der Waals surface area contributed by atoms with Gasteiger partial charge < -0.3 is 11.1 Å². The molecule has 1 aromatic carbocycles. The summed E-state index contributed by atoms with van der Waals surface area (Å²) in [6.45, 7) is 3.67. The third-order valence-corrected chi connectivity index (χ3v) is 5.99. The Morgan fingerprint density at radius 3 is 2.96 bits per heavy atom. The molecule has 1 atom stereocenters. The van der Waals surface area contributed by atoms with Crippen LogP contribution in [-0.2, 0) is 11.3 Å². The predicted octanol–water partition coefficient (Wildman–Crippen LogP) is 3.26. The van der Waals surface area contributed by atoms with Crippen LogP contribution in [0.3, 0.4) is 0 Å². The van der Waals surface area contributed by atoms with E-state index >= 15 is 0 Å². The quantitative estimate of drug-likeness (QED) is 0.827. The summed E-state index contributed by atoms with van der Waals surface area (Å²) in [5, 5.41) is 4.89. The molecule has 1 fully saturated rings. The second kappa shape index (κ2) is 9.02. The highest BCUT2D eigenvalue weighted by molar-refractivity contribution is 7.19. The lowest BCUT2D eigenvalue weighted by molar-refractivity contribution is -0.126. The zero-order chi connectivity index (χ0) is 16.2. The fraction of sp³-hybridized carbons (Fsp3) is 0.471. The van der Waals surface area contributed by atoms with Gasteiger partial charge in [0.2, 0.25) is 5.91 Å². The number of benzene rings is 1. The van der Waals surface area contributed by atoms with Gasteiger partial charge in [-0.2, -0.15) is 0 Å². The molecule has 1 aromatic heterocycles. The van der Waals surface area contributed by atoms with Crippen LogP contribution in [-0.4, -0.2) is 37.0 Å². The molecule has 0 spiro atoms. The number of thiophene rings is 1. The van der Waals surface area contributed by atoms with Gasteiger partial charge in [0.05, 0.1) is 10.9 Å². The SMILES string of the molecule is Cl.NCCNC(=O)C1CCCN(Cc2sc3ccccc3c2Cl)C1. The Kier molecular flexibility index (Phi) is 7.32. The molecule has 132 valence electrons. The summed E-state index contributed by atoms with van der Waals surface area (Å²) < 4.78 is 1.22. The second-order valence-corrected chi connectivity index (χ2v) is 7.50. The Morgan fingerprint density at radius 1 is 1.42 bits per heavy atom. The van der Waals surface area contributed by atoms with E-state index in [-0.39, 0.29) is 24.2 Å². The number of hydrogen-bond acceptors (Lipinski definition) is 4. The largest absolute Gasteiger partial charge is 0.355 e. The molecule has 1 saturated heterocycles. The van der Waals surface area contributed by atoms with Gasteiger partial charge in [0.25, 0.3) is 0 Å². The second-order valence-electron chi connectivity index (χ2n) is 5.99. The molecule has 3 N–H and O–H groups in total. The summed E-state index contributed by atoms with van der Waals surface area (Å²) in [5.74, 6) is 0.186. The number of piperidine rings is 1. The minimum atomic E-state index is 0. The van der Waals surface area contributed by atoms with E-state index in [9.17, 15) is 4.79 Å². The Labute approximate surface area is 157 Å². The van der Waals surface area contributed by atoms with Crippen LogP contribution in [0.4, 0.5) is 0 Å². The maximum atomic E-state index is 12.1. The lowest BCUT2D eigenvalue weighted by Crippen LogP contribution is -2.43. The molecule has 2 heterocycles. The van der Waals surface area contributed by atoms with Crippen molar-refractivity contribution in [2.45, 2.75) is 19.4 Å². The Balaban J connectivity index is 0.00000208. The molecule has 1 unspecified atom stereocenters. The monoisotopic (exact) mass is 387 g/mol. The zero-order valence-electron chi connectivity index (χ0n) is 13.5. The fourth-order valence-electron chi connectivity index (χ4n) is 3.12. The number of nitrogens with two attached hydrogens (primary N) is 1. The average Bonchev–Trinajstić information content (AvgIpc) is 2.89. The van der Waals surface area contributed by atoms with Gasteiger partial charge in [-0.3, -0.25) is 9.69 Å². The molecule has 2 aromatic rings. The Bertz CT molecular complexity index is 692. The maximum absolute atomic E-state index is 12.1. The van der Waals surface area contributed by atoms with E-state index in [0.29, 0.717) is 13.1 Å². The first-order chi connectivity index (χ1) is 11.2. The van der Waals surface area contributed by atoms with Gasteiger partial charge in [-0.05, 0) is 25.5 Å². The van der Waals surface area contributed by atoms with Crippen molar-refractivity contribution in [3.05, 3.63) is 34.2 Å². The third kappa shape index (κ3) is 4.41. The van der Waals surface area contributed by atoms with Gasteiger partial charge in [-0.15, -0.1) is 23.7 Å². The predicted molar refractivity (Wildman–Crippen MR) is 104 cm³/mol. The molecule has 4 nitrogen and oxygen atoms in total. The standard InChI is InChI=1S/C17H22ClN3OS.ClH/c18-16-13-5-1-2-6-14(13)23-15(16)11-21-9-3-4-12(10-21)17(22)20-8-7-19;/h1-2,5-6,12H,3-4,7-11,19H2,(H,20,22);1H. The molecular formula is C17H23Cl2N3OS. The highest BCUT2D eigenvalue weighted by Crippen LogP contribution is 2.36. The third-order valence-electron chi connectivity index (χ3n) is 4.29. The van der Waals surface area contributed by atoms with Gasteiger partial charge in [-0.1, -0.05) is 29.8 Å². The van der Waals surface area contributed by atoms with Crippen molar-refractivity contribution in [2.75, 3.05) is 26.2 Å². The van der Waals surface area contributed by atoms with Crippen LogP contribution in [0, 0.1) is 5.92 Å². The van der Waals surface area contributed by atoms with Crippen molar-refractivity contribution < 1.29 is 4.79 Å².